The van der Waals surface area contributed by atoms with Gasteiger partial charge in [0.2, 0.25) is 0 Å². The van der Waals surface area contributed by atoms with Crippen LogP contribution < -0.4 is 5.32 Å². The van der Waals surface area contributed by atoms with Crippen LogP contribution in [0.15, 0.2) is 30.3 Å². The van der Waals surface area contributed by atoms with E-state index in [1.165, 1.54) is 24.8 Å². The number of nitrogens with one attached hydrogen (secondary N) is 1. The van der Waals surface area contributed by atoms with Crippen LogP contribution in [0.5, 0.6) is 0 Å². The van der Waals surface area contributed by atoms with Crippen molar-refractivity contribution in [3.05, 3.63) is 35.9 Å². The Hall–Kier alpha value is -0.860. The summed E-state index contributed by atoms with van der Waals surface area (Å²) in [5, 5.41) is 3.51. The standard InChI is InChI=1S/C17H29NO/c1-15(2)9-10-17(14-18-11-12-19-3)13-16-7-5-4-6-8-16/h4-8,15,17-18H,9-14H2,1-3H3. The van der Waals surface area contributed by atoms with Gasteiger partial charge in [0, 0.05) is 13.7 Å². The molecule has 0 heterocycles. The maximum absolute atomic E-state index is 5.08. The molecule has 0 bridgehead atoms. The third-order valence-electron chi connectivity index (χ3n) is 3.44. The smallest absolute Gasteiger partial charge is 0.0587 e. The van der Waals surface area contributed by atoms with E-state index in [9.17, 15) is 0 Å². The van der Waals surface area contributed by atoms with E-state index in [1.807, 2.05) is 0 Å². The van der Waals surface area contributed by atoms with Crippen molar-refractivity contribution in [2.75, 3.05) is 26.8 Å². The third kappa shape index (κ3) is 8.02. The van der Waals surface area contributed by atoms with E-state index in [1.54, 1.807) is 7.11 Å². The molecule has 0 saturated heterocycles. The molecular weight excluding hydrogens is 234 g/mol. The van der Waals surface area contributed by atoms with Crippen molar-refractivity contribution in [2.45, 2.75) is 33.1 Å². The van der Waals surface area contributed by atoms with Crippen molar-refractivity contribution in [3.63, 3.8) is 0 Å². The van der Waals surface area contributed by atoms with E-state index >= 15 is 0 Å². The Morgan fingerprint density at radius 2 is 1.84 bits per heavy atom. The Bertz CT molecular complexity index is 310. The monoisotopic (exact) mass is 263 g/mol. The van der Waals surface area contributed by atoms with Crippen molar-refractivity contribution in [1.29, 1.82) is 0 Å². The van der Waals surface area contributed by atoms with Crippen molar-refractivity contribution < 1.29 is 4.74 Å². The van der Waals surface area contributed by atoms with Gasteiger partial charge in [0.05, 0.1) is 6.61 Å². The van der Waals surface area contributed by atoms with Crippen LogP contribution in [0.2, 0.25) is 0 Å². The first kappa shape index (κ1) is 16.2. The van der Waals surface area contributed by atoms with Crippen LogP contribution in [0.1, 0.15) is 32.3 Å². The lowest BCUT2D eigenvalue weighted by Crippen LogP contribution is -2.27. The van der Waals surface area contributed by atoms with Gasteiger partial charge in [-0.05, 0) is 36.8 Å². The first-order chi connectivity index (χ1) is 9.22. The fourth-order valence-corrected chi connectivity index (χ4v) is 2.27. The molecule has 2 heteroatoms. The molecule has 108 valence electrons. The molecule has 0 amide bonds. The molecule has 0 saturated carbocycles. The molecule has 0 fully saturated rings. The van der Waals surface area contributed by atoms with Crippen LogP contribution in [0.25, 0.3) is 0 Å². The van der Waals surface area contributed by atoms with Gasteiger partial charge in [0.25, 0.3) is 0 Å². The number of methoxy groups -OCH3 is 1. The van der Waals surface area contributed by atoms with Crippen LogP contribution in [-0.2, 0) is 11.2 Å². The zero-order valence-electron chi connectivity index (χ0n) is 12.7. The molecule has 0 aliphatic carbocycles. The quantitative estimate of drug-likeness (QED) is 0.652. The Morgan fingerprint density at radius 1 is 1.11 bits per heavy atom. The minimum absolute atomic E-state index is 0.724. The van der Waals surface area contributed by atoms with Gasteiger partial charge in [-0.15, -0.1) is 0 Å². The van der Waals surface area contributed by atoms with E-state index in [-0.39, 0.29) is 0 Å². The lowest BCUT2D eigenvalue weighted by molar-refractivity contribution is 0.197. The van der Waals surface area contributed by atoms with Crippen molar-refractivity contribution in [1.82, 2.24) is 5.32 Å². The van der Waals surface area contributed by atoms with Gasteiger partial charge >= 0.3 is 0 Å². The topological polar surface area (TPSA) is 21.3 Å². The van der Waals surface area contributed by atoms with Gasteiger partial charge in [-0.3, -0.25) is 0 Å². The molecule has 0 aromatic heterocycles. The highest BCUT2D eigenvalue weighted by molar-refractivity contribution is 5.15. The zero-order valence-corrected chi connectivity index (χ0v) is 12.7. The highest BCUT2D eigenvalue weighted by Crippen LogP contribution is 2.16. The molecule has 1 N–H and O–H groups in total. The molecule has 0 aliphatic heterocycles. The first-order valence-electron chi connectivity index (χ1n) is 7.46. The van der Waals surface area contributed by atoms with Crippen molar-refractivity contribution in [3.8, 4) is 0 Å². The largest absolute Gasteiger partial charge is 0.383 e. The fraction of sp³-hybridized carbons (Fsp3) is 0.647. The summed E-state index contributed by atoms with van der Waals surface area (Å²) < 4.78 is 5.08. The SMILES string of the molecule is COCCNCC(CCC(C)C)Cc1ccccc1. The number of ether oxygens (including phenoxy) is 1. The normalized spacial score (nSPS) is 12.8. The third-order valence-corrected chi connectivity index (χ3v) is 3.44. The lowest BCUT2D eigenvalue weighted by atomic mass is 9.92. The zero-order chi connectivity index (χ0) is 13.9. The lowest BCUT2D eigenvalue weighted by Gasteiger charge is -2.19. The maximum Gasteiger partial charge on any atom is 0.0587 e. The molecule has 1 aromatic carbocycles. The molecule has 0 radical (unpaired) electrons. The van der Waals surface area contributed by atoms with Gasteiger partial charge in [0.15, 0.2) is 0 Å². The summed E-state index contributed by atoms with van der Waals surface area (Å²) >= 11 is 0. The second kappa shape index (κ2) is 9.99. The highest BCUT2D eigenvalue weighted by Gasteiger charge is 2.10. The Morgan fingerprint density at radius 3 is 2.47 bits per heavy atom. The Balaban J connectivity index is 2.39. The van der Waals surface area contributed by atoms with E-state index in [2.05, 4.69) is 49.5 Å². The minimum atomic E-state index is 0.724. The highest BCUT2D eigenvalue weighted by atomic mass is 16.5. The van der Waals surface area contributed by atoms with E-state index < -0.39 is 0 Å². The van der Waals surface area contributed by atoms with Crippen LogP contribution in [0, 0.1) is 11.8 Å². The van der Waals surface area contributed by atoms with Crippen LogP contribution in [0.3, 0.4) is 0 Å². The average Bonchev–Trinajstić information content (AvgIpc) is 2.41. The summed E-state index contributed by atoms with van der Waals surface area (Å²) in [5.74, 6) is 1.51. The van der Waals surface area contributed by atoms with Crippen LogP contribution in [0.4, 0.5) is 0 Å². The molecule has 19 heavy (non-hydrogen) atoms. The van der Waals surface area contributed by atoms with E-state index in [0.29, 0.717) is 0 Å². The molecule has 1 aromatic rings. The van der Waals surface area contributed by atoms with Gasteiger partial charge in [-0.1, -0.05) is 50.6 Å². The summed E-state index contributed by atoms with van der Waals surface area (Å²) in [6.45, 7) is 7.44. The molecule has 2 nitrogen and oxygen atoms in total. The Kier molecular flexibility index (Phi) is 8.52. The summed E-state index contributed by atoms with van der Waals surface area (Å²) in [5.41, 5.74) is 1.45. The molecule has 1 unspecified atom stereocenters. The first-order valence-corrected chi connectivity index (χ1v) is 7.46. The second-order valence-electron chi connectivity index (χ2n) is 5.72. The number of hydrogen-bond donors (Lipinski definition) is 1. The summed E-state index contributed by atoms with van der Waals surface area (Å²) in [6, 6.07) is 10.8. The molecule has 1 rings (SSSR count). The van der Waals surface area contributed by atoms with Crippen molar-refractivity contribution in [2.24, 2.45) is 11.8 Å². The average molecular weight is 263 g/mol. The minimum Gasteiger partial charge on any atom is -0.383 e. The summed E-state index contributed by atoms with van der Waals surface area (Å²) in [4.78, 5) is 0. The molecular formula is C17H29NO. The van der Waals surface area contributed by atoms with E-state index in [4.69, 9.17) is 4.74 Å². The van der Waals surface area contributed by atoms with Gasteiger partial charge in [0.1, 0.15) is 0 Å². The predicted octanol–water partition coefficient (Wildman–Crippen LogP) is 3.52. The number of hydrogen-bond acceptors (Lipinski definition) is 2. The second-order valence-corrected chi connectivity index (χ2v) is 5.72. The van der Waals surface area contributed by atoms with Crippen LogP contribution >= 0.6 is 0 Å². The molecule has 1 atom stereocenters. The van der Waals surface area contributed by atoms with Crippen LogP contribution in [-0.4, -0.2) is 26.8 Å². The fourth-order valence-electron chi connectivity index (χ4n) is 2.27. The summed E-state index contributed by atoms with van der Waals surface area (Å²) in [7, 11) is 1.75. The molecule has 0 aliphatic rings. The Labute approximate surface area is 118 Å². The number of rotatable bonds is 10. The predicted molar refractivity (Wildman–Crippen MR) is 82.5 cm³/mol. The molecule has 0 spiro atoms. The van der Waals surface area contributed by atoms with Gasteiger partial charge in [-0.25, -0.2) is 0 Å². The van der Waals surface area contributed by atoms with E-state index in [0.717, 1.165) is 31.5 Å². The van der Waals surface area contributed by atoms with Gasteiger partial charge < -0.3 is 10.1 Å². The number of benzene rings is 1. The van der Waals surface area contributed by atoms with Crippen molar-refractivity contribution >= 4 is 0 Å². The van der Waals surface area contributed by atoms with Gasteiger partial charge in [-0.2, -0.15) is 0 Å². The summed E-state index contributed by atoms with van der Waals surface area (Å²) in [6.07, 6.45) is 3.78. The maximum atomic E-state index is 5.08.